The van der Waals surface area contributed by atoms with E-state index in [1.165, 1.54) is 11.7 Å². The lowest BCUT2D eigenvalue weighted by molar-refractivity contribution is -0.0558. The molecule has 0 radical (unpaired) electrons. The van der Waals surface area contributed by atoms with Crippen LogP contribution in [0, 0.1) is 6.92 Å². The first-order valence-corrected chi connectivity index (χ1v) is 3.95. The van der Waals surface area contributed by atoms with Gasteiger partial charge in [0, 0.05) is 7.05 Å². The topological polar surface area (TPSA) is 27.1 Å². The average molecular weight is 241 g/mol. The van der Waals surface area contributed by atoms with Crippen LogP contribution in [0.25, 0.3) is 0 Å². The summed E-state index contributed by atoms with van der Waals surface area (Å²) in [6, 6.07) is 0. The van der Waals surface area contributed by atoms with Gasteiger partial charge in [0.05, 0.1) is 5.69 Å². The first-order valence-electron chi connectivity index (χ1n) is 3.16. The lowest BCUT2D eigenvalue weighted by atomic mass is 10.5. The zero-order valence-corrected chi connectivity index (χ0v) is 8.10. The van der Waals surface area contributed by atoms with Crippen molar-refractivity contribution in [2.24, 2.45) is 7.05 Å². The quantitative estimate of drug-likeness (QED) is 0.792. The summed E-state index contributed by atoms with van der Waals surface area (Å²) in [5.74, 6) is 0.0440. The van der Waals surface area contributed by atoms with Gasteiger partial charge in [-0.15, -0.1) is 0 Å². The molecule has 12 heavy (non-hydrogen) atoms. The minimum Gasteiger partial charge on any atom is -0.416 e. The Morgan fingerprint density at radius 1 is 1.58 bits per heavy atom. The molecule has 0 aliphatic carbocycles. The summed E-state index contributed by atoms with van der Waals surface area (Å²) in [7, 11) is 1.54. The zero-order chi connectivity index (χ0) is 9.30. The number of hydrogen-bond acceptors (Lipinski definition) is 2. The Morgan fingerprint density at radius 3 is 2.50 bits per heavy atom. The summed E-state index contributed by atoms with van der Waals surface area (Å²) >= 11 is 3.09. The Labute approximate surface area is 76.4 Å². The molecule has 0 saturated carbocycles. The predicted octanol–water partition coefficient (Wildman–Crippen LogP) is 2.09. The number of alkyl halides is 2. The molecule has 0 atom stereocenters. The Hall–Kier alpha value is -0.650. The molecule has 0 spiro atoms. The summed E-state index contributed by atoms with van der Waals surface area (Å²) in [5, 5.41) is 3.88. The van der Waals surface area contributed by atoms with E-state index in [1.807, 2.05) is 0 Å². The molecule has 6 heteroatoms. The minimum absolute atomic E-state index is 0.0440. The molecule has 0 saturated heterocycles. The van der Waals surface area contributed by atoms with Crippen LogP contribution >= 0.6 is 15.9 Å². The van der Waals surface area contributed by atoms with Gasteiger partial charge in [0.1, 0.15) is 4.47 Å². The van der Waals surface area contributed by atoms with E-state index in [-0.39, 0.29) is 5.88 Å². The van der Waals surface area contributed by atoms with E-state index >= 15 is 0 Å². The molecule has 1 aromatic rings. The molecule has 0 aromatic carbocycles. The third kappa shape index (κ3) is 1.74. The van der Waals surface area contributed by atoms with Gasteiger partial charge in [-0.3, -0.25) is 0 Å². The van der Waals surface area contributed by atoms with Gasteiger partial charge in [0.15, 0.2) is 0 Å². The molecule has 0 fully saturated rings. The van der Waals surface area contributed by atoms with Crippen molar-refractivity contribution in [1.82, 2.24) is 9.78 Å². The molecular formula is C6H7BrF2N2O. The second-order valence-corrected chi connectivity index (χ2v) is 3.00. The highest BCUT2D eigenvalue weighted by atomic mass is 79.9. The highest BCUT2D eigenvalue weighted by Crippen LogP contribution is 2.28. The van der Waals surface area contributed by atoms with Crippen molar-refractivity contribution in [3.05, 3.63) is 10.2 Å². The fourth-order valence-electron chi connectivity index (χ4n) is 0.824. The largest absolute Gasteiger partial charge is 0.416 e. The van der Waals surface area contributed by atoms with Gasteiger partial charge in [-0.2, -0.15) is 13.9 Å². The molecule has 0 unspecified atom stereocenters. The highest BCUT2D eigenvalue weighted by Gasteiger charge is 2.15. The molecule has 0 aliphatic rings. The number of ether oxygens (including phenoxy) is 1. The molecule has 0 aliphatic heterocycles. The molecular weight excluding hydrogens is 234 g/mol. The van der Waals surface area contributed by atoms with Gasteiger partial charge < -0.3 is 4.74 Å². The van der Waals surface area contributed by atoms with Crippen molar-refractivity contribution in [2.75, 3.05) is 0 Å². The van der Waals surface area contributed by atoms with Gasteiger partial charge in [-0.05, 0) is 22.9 Å². The van der Waals surface area contributed by atoms with Crippen LogP contribution in [0.5, 0.6) is 5.88 Å². The van der Waals surface area contributed by atoms with Crippen LogP contribution in [0.2, 0.25) is 0 Å². The van der Waals surface area contributed by atoms with Crippen molar-refractivity contribution < 1.29 is 13.5 Å². The summed E-state index contributed by atoms with van der Waals surface area (Å²) in [6.07, 6.45) is 0. The van der Waals surface area contributed by atoms with E-state index in [0.29, 0.717) is 10.2 Å². The van der Waals surface area contributed by atoms with Crippen LogP contribution in [0.3, 0.4) is 0 Å². The van der Waals surface area contributed by atoms with Crippen molar-refractivity contribution in [3.8, 4) is 5.88 Å². The van der Waals surface area contributed by atoms with E-state index in [0.717, 1.165) is 0 Å². The smallest absolute Gasteiger partial charge is 0.388 e. The number of rotatable bonds is 2. The molecule has 1 rings (SSSR count). The molecule has 1 aromatic heterocycles. The number of halogens is 3. The molecule has 1 heterocycles. The first kappa shape index (κ1) is 9.44. The normalized spacial score (nSPS) is 10.8. The predicted molar refractivity (Wildman–Crippen MR) is 42.3 cm³/mol. The van der Waals surface area contributed by atoms with Gasteiger partial charge in [0.25, 0.3) is 0 Å². The van der Waals surface area contributed by atoms with E-state index in [4.69, 9.17) is 0 Å². The fourth-order valence-corrected chi connectivity index (χ4v) is 1.25. The molecule has 68 valence electrons. The van der Waals surface area contributed by atoms with E-state index in [1.54, 1.807) is 6.92 Å². The minimum atomic E-state index is -2.82. The first-order chi connectivity index (χ1) is 5.52. The number of hydrogen-bond donors (Lipinski definition) is 0. The maximum Gasteiger partial charge on any atom is 0.388 e. The van der Waals surface area contributed by atoms with Gasteiger partial charge in [-0.25, -0.2) is 4.68 Å². The van der Waals surface area contributed by atoms with Crippen LogP contribution < -0.4 is 4.74 Å². The Morgan fingerprint density at radius 2 is 2.17 bits per heavy atom. The SMILES string of the molecule is Cc1nn(C)c(OC(F)F)c1Br. The highest BCUT2D eigenvalue weighted by molar-refractivity contribution is 9.10. The molecule has 0 bridgehead atoms. The zero-order valence-electron chi connectivity index (χ0n) is 6.51. The lowest BCUT2D eigenvalue weighted by Crippen LogP contribution is -2.06. The number of aryl methyl sites for hydroxylation is 2. The standard InChI is InChI=1S/C6H7BrF2N2O/c1-3-4(7)5(11(2)10-3)12-6(8)9/h6H,1-2H3. The van der Waals surface area contributed by atoms with Crippen molar-refractivity contribution >= 4 is 15.9 Å². The Bertz CT molecular complexity index is 287. The second-order valence-electron chi connectivity index (χ2n) is 2.21. The summed E-state index contributed by atoms with van der Waals surface area (Å²) in [4.78, 5) is 0. The summed E-state index contributed by atoms with van der Waals surface area (Å²) < 4.78 is 29.5. The van der Waals surface area contributed by atoms with Crippen LogP contribution in [0.4, 0.5) is 8.78 Å². The van der Waals surface area contributed by atoms with Crippen molar-refractivity contribution in [3.63, 3.8) is 0 Å². The van der Waals surface area contributed by atoms with E-state index < -0.39 is 6.61 Å². The monoisotopic (exact) mass is 240 g/mol. The maximum atomic E-state index is 11.8. The molecule has 0 N–H and O–H groups in total. The molecule has 3 nitrogen and oxygen atoms in total. The van der Waals surface area contributed by atoms with Gasteiger partial charge in [0.2, 0.25) is 5.88 Å². The number of aromatic nitrogens is 2. The maximum absolute atomic E-state index is 11.8. The van der Waals surface area contributed by atoms with Gasteiger partial charge in [-0.1, -0.05) is 0 Å². The fraction of sp³-hybridized carbons (Fsp3) is 0.500. The van der Waals surface area contributed by atoms with Crippen molar-refractivity contribution in [2.45, 2.75) is 13.5 Å². The van der Waals surface area contributed by atoms with Crippen LogP contribution in [0.1, 0.15) is 5.69 Å². The van der Waals surface area contributed by atoms with Crippen LogP contribution in [-0.2, 0) is 7.05 Å². The van der Waals surface area contributed by atoms with E-state index in [2.05, 4.69) is 25.8 Å². The van der Waals surface area contributed by atoms with Crippen LogP contribution in [-0.4, -0.2) is 16.4 Å². The van der Waals surface area contributed by atoms with Crippen LogP contribution in [0.15, 0.2) is 4.47 Å². The van der Waals surface area contributed by atoms with Crippen molar-refractivity contribution in [1.29, 1.82) is 0 Å². The summed E-state index contributed by atoms with van der Waals surface area (Å²) in [5.41, 5.74) is 0.619. The second kappa shape index (κ2) is 3.38. The number of nitrogens with zero attached hydrogens (tertiary/aromatic N) is 2. The summed E-state index contributed by atoms with van der Waals surface area (Å²) in [6.45, 7) is -1.13. The molecule has 0 amide bonds. The van der Waals surface area contributed by atoms with Gasteiger partial charge >= 0.3 is 6.61 Å². The third-order valence-corrected chi connectivity index (χ3v) is 2.21. The average Bonchev–Trinajstić information content (AvgIpc) is 2.16. The Kier molecular flexibility index (Phi) is 2.66. The lowest BCUT2D eigenvalue weighted by Gasteiger charge is -2.03. The third-order valence-electron chi connectivity index (χ3n) is 1.30. The Balaban J connectivity index is 2.97. The van der Waals surface area contributed by atoms with E-state index in [9.17, 15) is 8.78 Å².